The van der Waals surface area contributed by atoms with Gasteiger partial charge in [0.15, 0.2) is 5.16 Å². The Labute approximate surface area is 135 Å². The van der Waals surface area contributed by atoms with Crippen molar-refractivity contribution >= 4 is 23.5 Å². The van der Waals surface area contributed by atoms with Crippen molar-refractivity contribution in [2.75, 3.05) is 43.9 Å². The Bertz CT molecular complexity index is 524. The van der Waals surface area contributed by atoms with E-state index in [2.05, 4.69) is 33.6 Å². The second-order valence-electron chi connectivity index (χ2n) is 5.93. The van der Waals surface area contributed by atoms with Crippen molar-refractivity contribution in [1.82, 2.24) is 14.9 Å². The maximum absolute atomic E-state index is 11.4. The molecular weight excluding hydrogens is 300 g/mol. The number of anilines is 1. The van der Waals surface area contributed by atoms with Gasteiger partial charge in [-0.3, -0.25) is 0 Å². The number of hydrogen-bond donors (Lipinski definition) is 1. The van der Waals surface area contributed by atoms with Crippen molar-refractivity contribution in [2.45, 2.75) is 25.4 Å². The summed E-state index contributed by atoms with van der Waals surface area (Å²) in [4.78, 5) is 24.5. The minimum atomic E-state index is -0.967. The van der Waals surface area contributed by atoms with E-state index in [-0.39, 0.29) is 5.56 Å². The second kappa shape index (κ2) is 7.78. The molecule has 0 aliphatic carbocycles. The molecule has 2 heterocycles. The van der Waals surface area contributed by atoms with Gasteiger partial charge >= 0.3 is 5.97 Å². The normalized spacial score (nSPS) is 16.8. The van der Waals surface area contributed by atoms with Crippen LogP contribution in [-0.2, 0) is 0 Å². The highest BCUT2D eigenvalue weighted by Gasteiger charge is 2.22. The van der Waals surface area contributed by atoms with Crippen molar-refractivity contribution < 1.29 is 9.90 Å². The summed E-state index contributed by atoms with van der Waals surface area (Å²) in [5.41, 5.74) is 0.190. The maximum atomic E-state index is 11.4. The van der Waals surface area contributed by atoms with E-state index < -0.39 is 5.97 Å². The lowest BCUT2D eigenvalue weighted by molar-refractivity contribution is 0.0696. The van der Waals surface area contributed by atoms with Crippen molar-refractivity contribution in [3.8, 4) is 0 Å². The van der Waals surface area contributed by atoms with Crippen LogP contribution in [0.1, 0.15) is 30.6 Å². The van der Waals surface area contributed by atoms with Gasteiger partial charge in [0.05, 0.1) is 0 Å². The van der Waals surface area contributed by atoms with E-state index >= 15 is 0 Å². The zero-order valence-electron chi connectivity index (χ0n) is 13.4. The lowest BCUT2D eigenvalue weighted by Gasteiger charge is -2.24. The highest BCUT2D eigenvalue weighted by Crippen LogP contribution is 2.22. The van der Waals surface area contributed by atoms with Crippen molar-refractivity contribution in [3.05, 3.63) is 11.8 Å². The fourth-order valence-corrected chi connectivity index (χ4v) is 3.07. The maximum Gasteiger partial charge on any atom is 0.341 e. The first-order valence-electron chi connectivity index (χ1n) is 7.63. The molecule has 1 N–H and O–H groups in total. The molecule has 1 aliphatic rings. The van der Waals surface area contributed by atoms with Crippen LogP contribution < -0.4 is 4.90 Å². The zero-order valence-corrected chi connectivity index (χ0v) is 14.3. The van der Waals surface area contributed by atoms with E-state index in [1.807, 2.05) is 6.26 Å². The van der Waals surface area contributed by atoms with Crippen molar-refractivity contribution in [1.29, 1.82) is 0 Å². The fraction of sp³-hybridized carbons (Fsp3) is 0.667. The number of aromatic carboxylic acids is 1. The lowest BCUT2D eigenvalue weighted by Crippen LogP contribution is -2.34. The largest absolute Gasteiger partial charge is 0.477 e. The van der Waals surface area contributed by atoms with Gasteiger partial charge in [-0.05, 0) is 25.1 Å². The fourth-order valence-electron chi connectivity index (χ4n) is 2.73. The molecule has 1 aromatic rings. The van der Waals surface area contributed by atoms with Gasteiger partial charge in [0.25, 0.3) is 0 Å². The number of nitrogens with zero attached hydrogens (tertiary/aromatic N) is 4. The van der Waals surface area contributed by atoms with Crippen LogP contribution in [0.5, 0.6) is 0 Å². The Kier molecular flexibility index (Phi) is 6.02. The molecule has 0 amide bonds. The SMILES string of the molecule is CSc1ncc(C(=O)O)c(N2CCCN(CC(C)C)CC2)n1. The van der Waals surface area contributed by atoms with Crippen LogP contribution in [0.25, 0.3) is 0 Å². The van der Waals surface area contributed by atoms with Crippen molar-refractivity contribution in [2.24, 2.45) is 5.92 Å². The smallest absolute Gasteiger partial charge is 0.341 e. The molecule has 22 heavy (non-hydrogen) atoms. The highest BCUT2D eigenvalue weighted by molar-refractivity contribution is 7.98. The molecule has 0 spiro atoms. The van der Waals surface area contributed by atoms with E-state index in [0.29, 0.717) is 16.9 Å². The third-order valence-corrected chi connectivity index (χ3v) is 4.23. The van der Waals surface area contributed by atoms with Crippen LogP contribution in [0.2, 0.25) is 0 Å². The summed E-state index contributed by atoms with van der Waals surface area (Å²) in [6, 6.07) is 0. The molecular formula is C15H24N4O2S. The first-order valence-corrected chi connectivity index (χ1v) is 8.85. The molecule has 2 rings (SSSR count). The van der Waals surface area contributed by atoms with Gasteiger partial charge in [-0.1, -0.05) is 25.6 Å². The van der Waals surface area contributed by atoms with Crippen LogP contribution in [0.15, 0.2) is 11.4 Å². The molecule has 6 nitrogen and oxygen atoms in total. The first-order chi connectivity index (χ1) is 10.5. The summed E-state index contributed by atoms with van der Waals surface area (Å²) < 4.78 is 0. The molecule has 0 unspecified atom stereocenters. The minimum absolute atomic E-state index is 0.190. The lowest BCUT2D eigenvalue weighted by atomic mass is 10.2. The van der Waals surface area contributed by atoms with Gasteiger partial charge in [0, 0.05) is 32.4 Å². The highest BCUT2D eigenvalue weighted by atomic mass is 32.2. The van der Waals surface area contributed by atoms with Crippen LogP contribution in [0.3, 0.4) is 0 Å². The standard InChI is InChI=1S/C15H24N4O2S/c1-11(2)10-18-5-4-6-19(8-7-18)13-12(14(20)21)9-16-15(17-13)22-3/h9,11H,4-8,10H2,1-3H3,(H,20,21). The van der Waals surface area contributed by atoms with Crippen molar-refractivity contribution in [3.63, 3.8) is 0 Å². The van der Waals surface area contributed by atoms with E-state index in [0.717, 1.165) is 39.1 Å². The van der Waals surface area contributed by atoms with Crippen LogP contribution >= 0.6 is 11.8 Å². The predicted octanol–water partition coefficient (Wildman–Crippen LogP) is 2.06. The second-order valence-corrected chi connectivity index (χ2v) is 6.71. The molecule has 0 atom stereocenters. The van der Waals surface area contributed by atoms with E-state index in [1.165, 1.54) is 18.0 Å². The predicted molar refractivity (Wildman–Crippen MR) is 88.9 cm³/mol. The molecule has 1 fully saturated rings. The summed E-state index contributed by atoms with van der Waals surface area (Å²) >= 11 is 1.43. The van der Waals surface area contributed by atoms with Crippen LogP contribution in [-0.4, -0.2) is 64.9 Å². The van der Waals surface area contributed by atoms with Crippen LogP contribution in [0.4, 0.5) is 5.82 Å². The summed E-state index contributed by atoms with van der Waals surface area (Å²) in [6.07, 6.45) is 4.34. The summed E-state index contributed by atoms with van der Waals surface area (Å²) in [6.45, 7) is 9.16. The zero-order chi connectivity index (χ0) is 16.1. The average molecular weight is 324 g/mol. The monoisotopic (exact) mass is 324 g/mol. The number of aromatic nitrogens is 2. The van der Waals surface area contributed by atoms with Gasteiger partial charge in [0.2, 0.25) is 0 Å². The molecule has 1 saturated heterocycles. The summed E-state index contributed by atoms with van der Waals surface area (Å²) in [5.74, 6) is 0.229. The quantitative estimate of drug-likeness (QED) is 0.656. The first kappa shape index (κ1) is 17.0. The number of rotatable bonds is 5. The van der Waals surface area contributed by atoms with E-state index in [1.54, 1.807) is 0 Å². The Morgan fingerprint density at radius 2 is 2.14 bits per heavy atom. The van der Waals surface area contributed by atoms with E-state index in [9.17, 15) is 9.90 Å². The third-order valence-electron chi connectivity index (χ3n) is 3.67. The summed E-state index contributed by atoms with van der Waals surface area (Å²) in [5, 5.41) is 9.99. The number of carboxylic acids is 1. The Balaban J connectivity index is 2.18. The van der Waals surface area contributed by atoms with Crippen LogP contribution in [0, 0.1) is 5.92 Å². The summed E-state index contributed by atoms with van der Waals surface area (Å²) in [7, 11) is 0. The average Bonchev–Trinajstić information content (AvgIpc) is 2.71. The topological polar surface area (TPSA) is 69.6 Å². The van der Waals surface area contributed by atoms with Gasteiger partial charge < -0.3 is 14.9 Å². The number of thioether (sulfide) groups is 1. The number of hydrogen-bond acceptors (Lipinski definition) is 6. The molecule has 1 aliphatic heterocycles. The van der Waals surface area contributed by atoms with E-state index in [4.69, 9.17) is 0 Å². The molecule has 0 aromatic carbocycles. The Morgan fingerprint density at radius 1 is 1.36 bits per heavy atom. The molecule has 0 saturated carbocycles. The third kappa shape index (κ3) is 4.33. The van der Waals surface area contributed by atoms with Gasteiger partial charge in [-0.15, -0.1) is 0 Å². The molecule has 1 aromatic heterocycles. The van der Waals surface area contributed by atoms with Gasteiger partial charge in [-0.25, -0.2) is 14.8 Å². The Morgan fingerprint density at radius 3 is 2.77 bits per heavy atom. The molecule has 0 radical (unpaired) electrons. The Hall–Kier alpha value is -1.34. The molecule has 122 valence electrons. The number of carboxylic acid groups (broad SMARTS) is 1. The molecule has 7 heteroatoms. The van der Waals surface area contributed by atoms with Gasteiger partial charge in [0.1, 0.15) is 11.4 Å². The molecule has 0 bridgehead atoms. The van der Waals surface area contributed by atoms with Gasteiger partial charge in [-0.2, -0.15) is 0 Å². The number of carbonyl (C=O) groups is 1. The minimum Gasteiger partial charge on any atom is -0.477 e.